The highest BCUT2D eigenvalue weighted by Crippen LogP contribution is 2.40. The summed E-state index contributed by atoms with van der Waals surface area (Å²) in [6.45, 7) is 1.50. The van der Waals surface area contributed by atoms with Crippen molar-refractivity contribution in [1.29, 1.82) is 0 Å². The van der Waals surface area contributed by atoms with E-state index >= 15 is 0 Å². The minimum Gasteiger partial charge on any atom is -0.491 e. The van der Waals surface area contributed by atoms with Gasteiger partial charge in [-0.1, -0.05) is 11.3 Å². The lowest BCUT2D eigenvalue weighted by Gasteiger charge is -2.10. The monoisotopic (exact) mass is 434 g/mol. The van der Waals surface area contributed by atoms with Gasteiger partial charge in [-0.3, -0.25) is 4.79 Å². The number of hydrogen-bond donors (Lipinski definition) is 3. The molecule has 0 spiro atoms. The van der Waals surface area contributed by atoms with Gasteiger partial charge in [0.15, 0.2) is 5.13 Å². The summed E-state index contributed by atoms with van der Waals surface area (Å²) >= 11 is 1.49. The van der Waals surface area contributed by atoms with Gasteiger partial charge in [-0.15, -0.1) is 0 Å². The Morgan fingerprint density at radius 2 is 2.16 bits per heavy atom. The second-order valence-corrected chi connectivity index (χ2v) is 9.35. The molecule has 0 saturated heterocycles. The zero-order chi connectivity index (χ0) is 21.1. The molecule has 158 valence electrons. The lowest BCUT2D eigenvalue weighted by atomic mass is 10.2. The third-order valence-corrected chi connectivity index (χ3v) is 6.86. The zero-order valence-electron chi connectivity index (χ0n) is 16.8. The largest absolute Gasteiger partial charge is 0.491 e. The molecular formula is C22H22N6O2S. The van der Waals surface area contributed by atoms with Crippen LogP contribution in [0.1, 0.15) is 19.3 Å². The van der Waals surface area contributed by atoms with E-state index in [2.05, 4.69) is 39.1 Å². The van der Waals surface area contributed by atoms with E-state index in [0.29, 0.717) is 24.1 Å². The fraction of sp³-hybridized carbons (Fsp3) is 0.318. The molecule has 1 fully saturated rings. The topological polar surface area (TPSA) is 121 Å². The summed E-state index contributed by atoms with van der Waals surface area (Å²) in [6.07, 6.45) is 2.28. The van der Waals surface area contributed by atoms with Gasteiger partial charge in [-0.25, -0.2) is 9.97 Å². The second-order valence-electron chi connectivity index (χ2n) is 8.28. The van der Waals surface area contributed by atoms with Crippen LogP contribution in [0, 0.1) is 5.92 Å². The van der Waals surface area contributed by atoms with Crippen LogP contribution in [0.25, 0.3) is 32.6 Å². The number of fused-ring (bicyclic) bond motifs is 1. The first-order chi connectivity index (χ1) is 15.0. The number of carbonyl (C=O) groups is 1. The fourth-order valence-electron chi connectivity index (χ4n) is 4.47. The Labute approximate surface area is 182 Å². The number of rotatable bonds is 5. The first-order valence-electron chi connectivity index (χ1n) is 10.4. The van der Waals surface area contributed by atoms with Gasteiger partial charge in [0.2, 0.25) is 5.91 Å². The van der Waals surface area contributed by atoms with Gasteiger partial charge >= 0.3 is 0 Å². The summed E-state index contributed by atoms with van der Waals surface area (Å²) in [6, 6.07) is 10.6. The van der Waals surface area contributed by atoms with E-state index in [0.717, 1.165) is 63.5 Å². The summed E-state index contributed by atoms with van der Waals surface area (Å²) in [5.41, 5.74) is 16.0. The molecule has 0 radical (unpaired) electrons. The molecule has 4 aromatic rings. The van der Waals surface area contributed by atoms with Crippen LogP contribution in [0.15, 0.2) is 30.3 Å². The Hall–Kier alpha value is -3.33. The Kier molecular flexibility index (Phi) is 4.07. The van der Waals surface area contributed by atoms with Gasteiger partial charge in [0.25, 0.3) is 0 Å². The summed E-state index contributed by atoms with van der Waals surface area (Å²) in [4.78, 5) is 20.6. The Bertz CT molecular complexity index is 1340. The van der Waals surface area contributed by atoms with Crippen molar-refractivity contribution in [3.8, 4) is 17.1 Å². The van der Waals surface area contributed by atoms with Crippen molar-refractivity contribution in [3.05, 3.63) is 30.3 Å². The molecule has 5 N–H and O–H groups in total. The molecule has 8 nitrogen and oxygen atoms in total. The number of aryl methyl sites for hydroxylation is 1. The Morgan fingerprint density at radius 1 is 1.26 bits per heavy atom. The van der Waals surface area contributed by atoms with Crippen molar-refractivity contribution < 1.29 is 9.53 Å². The molecule has 2 aromatic carbocycles. The normalized spacial score (nSPS) is 19.9. The van der Waals surface area contributed by atoms with Crippen LogP contribution in [0.2, 0.25) is 0 Å². The number of nitrogen functional groups attached to an aromatic ring is 1. The number of thiazole rings is 1. The standard InChI is InChI=1S/C22H22N6O2S/c23-19(29)8-12-7-14(12)25-13-9-16-20-17(10-13)30-5-1-4-28(20)21(26-16)11-2-3-18-15(6-11)27-22(24)31-18/h2-3,6,9-10,12,14,25H,1,4-5,7-8H2,(H2,23,29)(H2,24,27)/t12-,14?/m0/s1. The number of aromatic nitrogens is 3. The van der Waals surface area contributed by atoms with Crippen molar-refractivity contribution in [2.24, 2.45) is 11.7 Å². The van der Waals surface area contributed by atoms with Gasteiger partial charge in [0.1, 0.15) is 17.1 Å². The number of ether oxygens (including phenoxy) is 1. The van der Waals surface area contributed by atoms with Gasteiger partial charge in [-0.05, 0) is 43.0 Å². The zero-order valence-corrected chi connectivity index (χ0v) is 17.6. The van der Waals surface area contributed by atoms with Crippen LogP contribution < -0.4 is 21.5 Å². The van der Waals surface area contributed by atoms with E-state index in [-0.39, 0.29) is 11.9 Å². The molecule has 2 atom stereocenters. The SMILES string of the molecule is NC(=O)C[C@@H]1CC1Nc1cc2c3c(c1)nc(-c1ccc4sc(N)nc4c1)n3CCCO2. The number of nitrogens with one attached hydrogen (secondary N) is 1. The molecule has 0 bridgehead atoms. The molecule has 9 heteroatoms. The Morgan fingerprint density at radius 3 is 3.03 bits per heavy atom. The van der Waals surface area contributed by atoms with Gasteiger partial charge in [0.05, 0.1) is 22.3 Å². The highest BCUT2D eigenvalue weighted by molar-refractivity contribution is 7.22. The first-order valence-corrected chi connectivity index (χ1v) is 11.2. The molecule has 3 heterocycles. The Balaban J connectivity index is 1.41. The number of imidazole rings is 1. The van der Waals surface area contributed by atoms with E-state index in [4.69, 9.17) is 21.2 Å². The van der Waals surface area contributed by atoms with Crippen LogP contribution in [-0.4, -0.2) is 33.1 Å². The number of nitrogens with zero attached hydrogens (tertiary/aromatic N) is 3. The average Bonchev–Trinajstić information content (AvgIpc) is 3.22. The van der Waals surface area contributed by atoms with Crippen LogP contribution in [0.5, 0.6) is 5.75 Å². The van der Waals surface area contributed by atoms with E-state index < -0.39 is 0 Å². The van der Waals surface area contributed by atoms with E-state index in [1.54, 1.807) is 0 Å². The summed E-state index contributed by atoms with van der Waals surface area (Å²) in [7, 11) is 0. The molecule has 1 aliphatic heterocycles. The maximum Gasteiger partial charge on any atom is 0.217 e. The number of amides is 1. The van der Waals surface area contributed by atoms with Gasteiger partial charge in [0, 0.05) is 36.3 Å². The molecule has 2 aromatic heterocycles. The first kappa shape index (κ1) is 18.4. The summed E-state index contributed by atoms with van der Waals surface area (Å²) < 4.78 is 9.38. The highest BCUT2D eigenvalue weighted by atomic mass is 32.1. The smallest absolute Gasteiger partial charge is 0.217 e. The molecule has 6 rings (SSSR count). The lowest BCUT2D eigenvalue weighted by Crippen LogP contribution is -2.14. The predicted molar refractivity (Wildman–Crippen MR) is 122 cm³/mol. The van der Waals surface area contributed by atoms with Gasteiger partial charge in [-0.2, -0.15) is 0 Å². The van der Waals surface area contributed by atoms with Crippen molar-refractivity contribution in [2.75, 3.05) is 17.7 Å². The third kappa shape index (κ3) is 3.25. The lowest BCUT2D eigenvalue weighted by molar-refractivity contribution is -0.118. The van der Waals surface area contributed by atoms with Crippen molar-refractivity contribution in [3.63, 3.8) is 0 Å². The molecular weight excluding hydrogens is 412 g/mol. The maximum absolute atomic E-state index is 11.2. The summed E-state index contributed by atoms with van der Waals surface area (Å²) in [5, 5.41) is 4.09. The second kappa shape index (κ2) is 6.84. The maximum atomic E-state index is 11.2. The van der Waals surface area contributed by atoms with E-state index in [1.165, 1.54) is 11.3 Å². The van der Waals surface area contributed by atoms with Crippen LogP contribution >= 0.6 is 11.3 Å². The predicted octanol–water partition coefficient (Wildman–Crippen LogP) is 3.35. The minimum atomic E-state index is -0.248. The minimum absolute atomic E-state index is 0.248. The van der Waals surface area contributed by atoms with Crippen LogP contribution in [0.3, 0.4) is 0 Å². The number of nitrogens with two attached hydrogens (primary N) is 2. The molecule has 31 heavy (non-hydrogen) atoms. The molecule has 1 amide bonds. The highest BCUT2D eigenvalue weighted by Gasteiger charge is 2.38. The molecule has 2 aliphatic rings. The summed E-state index contributed by atoms with van der Waals surface area (Å²) in [5.74, 6) is 1.80. The molecule has 1 saturated carbocycles. The number of primary amides is 1. The fourth-order valence-corrected chi connectivity index (χ4v) is 5.19. The van der Waals surface area contributed by atoms with Crippen molar-refractivity contribution in [2.45, 2.75) is 31.8 Å². The van der Waals surface area contributed by atoms with Crippen molar-refractivity contribution in [1.82, 2.24) is 14.5 Å². The van der Waals surface area contributed by atoms with Crippen molar-refractivity contribution >= 4 is 49.3 Å². The van der Waals surface area contributed by atoms with Crippen LogP contribution in [0.4, 0.5) is 10.8 Å². The molecule has 1 aliphatic carbocycles. The van der Waals surface area contributed by atoms with Gasteiger partial charge < -0.3 is 26.1 Å². The number of carbonyl (C=O) groups excluding carboxylic acids is 1. The number of anilines is 2. The average molecular weight is 435 g/mol. The third-order valence-electron chi connectivity index (χ3n) is 5.99. The molecule has 1 unspecified atom stereocenters. The quantitative estimate of drug-likeness (QED) is 0.443. The number of hydrogen-bond acceptors (Lipinski definition) is 7. The number of benzene rings is 2. The van der Waals surface area contributed by atoms with Crippen LogP contribution in [-0.2, 0) is 11.3 Å². The van der Waals surface area contributed by atoms with E-state index in [9.17, 15) is 4.79 Å². The van der Waals surface area contributed by atoms with E-state index in [1.807, 2.05) is 6.07 Å².